The Morgan fingerprint density at radius 2 is 1.93 bits per heavy atom. The molecule has 1 saturated carbocycles. The summed E-state index contributed by atoms with van der Waals surface area (Å²) in [4.78, 5) is 35.7. The van der Waals surface area contributed by atoms with Crippen molar-refractivity contribution in [3.8, 4) is 0 Å². The summed E-state index contributed by atoms with van der Waals surface area (Å²) in [6.07, 6.45) is 0.888. The maximum atomic E-state index is 12.2. The number of nitrogens with zero attached hydrogens (tertiary/aromatic N) is 1. The van der Waals surface area contributed by atoms with Crippen molar-refractivity contribution in [2.75, 3.05) is 20.6 Å². The van der Waals surface area contributed by atoms with E-state index in [9.17, 15) is 22.8 Å². The first-order chi connectivity index (χ1) is 12.6. The summed E-state index contributed by atoms with van der Waals surface area (Å²) in [6.45, 7) is 1.01. The number of rotatable bonds is 8. The summed E-state index contributed by atoms with van der Waals surface area (Å²) in [5.74, 6) is -1.77. The molecule has 0 saturated heterocycles. The number of ether oxygens (including phenoxy) is 1. The maximum Gasteiger partial charge on any atom is 0.326 e. The van der Waals surface area contributed by atoms with Crippen LogP contribution in [0.1, 0.15) is 30.1 Å². The molecule has 1 fully saturated rings. The average Bonchev–Trinajstić information content (AvgIpc) is 3.43. The van der Waals surface area contributed by atoms with Gasteiger partial charge < -0.3 is 15.4 Å². The smallest absolute Gasteiger partial charge is 0.326 e. The molecule has 0 unspecified atom stereocenters. The lowest BCUT2D eigenvalue weighted by molar-refractivity contribution is -0.153. The van der Waals surface area contributed by atoms with E-state index in [-0.39, 0.29) is 22.4 Å². The zero-order valence-electron chi connectivity index (χ0n) is 15.4. The number of benzene rings is 1. The number of carbonyl (C=O) groups excluding carboxylic acids is 3. The molecule has 9 nitrogen and oxygen atoms in total. The number of hydrogen-bond acceptors (Lipinski definition) is 6. The zero-order valence-corrected chi connectivity index (χ0v) is 16.2. The average molecular weight is 397 g/mol. The molecule has 10 heteroatoms. The van der Waals surface area contributed by atoms with Crippen molar-refractivity contribution in [3.63, 3.8) is 0 Å². The van der Waals surface area contributed by atoms with Crippen LogP contribution in [0.3, 0.4) is 0 Å². The molecule has 0 heterocycles. The van der Waals surface area contributed by atoms with Gasteiger partial charge in [0.1, 0.15) is 6.54 Å². The predicted octanol–water partition coefficient (Wildman–Crippen LogP) is -0.123. The fourth-order valence-electron chi connectivity index (χ4n) is 2.10. The highest BCUT2D eigenvalue weighted by molar-refractivity contribution is 7.89. The number of hydrogen-bond donors (Lipinski definition) is 2. The van der Waals surface area contributed by atoms with E-state index >= 15 is 0 Å². The topological polar surface area (TPSA) is 122 Å². The summed E-state index contributed by atoms with van der Waals surface area (Å²) < 4.78 is 30.2. The van der Waals surface area contributed by atoms with Crippen LogP contribution < -0.4 is 10.6 Å². The number of nitrogens with one attached hydrogen (secondary N) is 2. The van der Waals surface area contributed by atoms with E-state index in [1.807, 2.05) is 0 Å². The molecule has 2 rings (SSSR count). The van der Waals surface area contributed by atoms with Gasteiger partial charge in [0.05, 0.1) is 4.90 Å². The first-order valence-corrected chi connectivity index (χ1v) is 9.86. The normalized spacial score (nSPS) is 15.1. The van der Waals surface area contributed by atoms with Gasteiger partial charge in [-0.05, 0) is 38.0 Å². The number of carbonyl (C=O) groups is 3. The monoisotopic (exact) mass is 397 g/mol. The van der Waals surface area contributed by atoms with E-state index in [2.05, 4.69) is 10.6 Å². The van der Waals surface area contributed by atoms with Gasteiger partial charge in [0.15, 0.2) is 6.10 Å². The van der Waals surface area contributed by atoms with Crippen molar-refractivity contribution in [1.29, 1.82) is 0 Å². The molecular weight excluding hydrogens is 374 g/mol. The molecule has 0 radical (unpaired) electrons. The van der Waals surface area contributed by atoms with Gasteiger partial charge in [0.25, 0.3) is 11.8 Å². The van der Waals surface area contributed by atoms with Gasteiger partial charge in [-0.25, -0.2) is 12.7 Å². The minimum Gasteiger partial charge on any atom is -0.451 e. The lowest BCUT2D eigenvalue weighted by atomic mass is 10.2. The van der Waals surface area contributed by atoms with Gasteiger partial charge in [-0.1, -0.05) is 6.07 Å². The highest BCUT2D eigenvalue weighted by Crippen LogP contribution is 2.18. The first-order valence-electron chi connectivity index (χ1n) is 8.42. The molecule has 1 aromatic rings. The Morgan fingerprint density at radius 3 is 2.52 bits per heavy atom. The lowest BCUT2D eigenvalue weighted by Crippen LogP contribution is -2.39. The van der Waals surface area contributed by atoms with Gasteiger partial charge in [0.2, 0.25) is 10.0 Å². The van der Waals surface area contributed by atoms with Crippen LogP contribution in [0.15, 0.2) is 29.2 Å². The Labute approximate surface area is 158 Å². The fourth-order valence-corrected chi connectivity index (χ4v) is 3.05. The van der Waals surface area contributed by atoms with Gasteiger partial charge in [0, 0.05) is 25.7 Å². The van der Waals surface area contributed by atoms with Crippen LogP contribution in [0.25, 0.3) is 0 Å². The van der Waals surface area contributed by atoms with Crippen LogP contribution in [0.5, 0.6) is 0 Å². The van der Waals surface area contributed by atoms with Gasteiger partial charge in [-0.15, -0.1) is 0 Å². The Balaban J connectivity index is 1.89. The third-order valence-corrected chi connectivity index (χ3v) is 5.68. The lowest BCUT2D eigenvalue weighted by Gasteiger charge is -2.14. The van der Waals surface area contributed by atoms with E-state index in [0.29, 0.717) is 0 Å². The molecule has 0 aromatic heterocycles. The van der Waals surface area contributed by atoms with Gasteiger partial charge in [-0.2, -0.15) is 0 Å². The highest BCUT2D eigenvalue weighted by atomic mass is 32.2. The van der Waals surface area contributed by atoms with Gasteiger partial charge >= 0.3 is 5.97 Å². The molecule has 148 valence electrons. The van der Waals surface area contributed by atoms with Gasteiger partial charge in [-0.3, -0.25) is 14.4 Å². The number of amides is 2. The minimum absolute atomic E-state index is 0.0342. The first kappa shape index (κ1) is 20.8. The summed E-state index contributed by atoms with van der Waals surface area (Å²) >= 11 is 0. The summed E-state index contributed by atoms with van der Waals surface area (Å²) in [5.41, 5.74) is 0.0882. The van der Waals surface area contributed by atoms with Crippen molar-refractivity contribution < 1.29 is 27.5 Å². The van der Waals surface area contributed by atoms with E-state index < -0.39 is 34.5 Å². The zero-order chi connectivity index (χ0) is 20.2. The quantitative estimate of drug-likeness (QED) is 0.590. The largest absolute Gasteiger partial charge is 0.451 e. The number of sulfonamides is 1. The molecule has 1 aliphatic rings. The Kier molecular flexibility index (Phi) is 6.55. The Hall–Kier alpha value is -2.46. The molecular formula is C17H23N3O6S. The molecule has 27 heavy (non-hydrogen) atoms. The van der Waals surface area contributed by atoms with Crippen molar-refractivity contribution in [2.45, 2.75) is 36.8 Å². The molecule has 2 N–H and O–H groups in total. The molecule has 0 spiro atoms. The van der Waals surface area contributed by atoms with Crippen molar-refractivity contribution in [3.05, 3.63) is 29.8 Å². The molecule has 0 aliphatic heterocycles. The van der Waals surface area contributed by atoms with Crippen LogP contribution in [0.4, 0.5) is 0 Å². The third kappa shape index (κ3) is 5.76. The Bertz CT molecular complexity index is 833. The van der Waals surface area contributed by atoms with Crippen LogP contribution in [-0.4, -0.2) is 63.3 Å². The minimum atomic E-state index is -3.68. The molecule has 1 aromatic carbocycles. The molecule has 2 amide bonds. The highest BCUT2D eigenvalue weighted by Gasteiger charge is 2.27. The van der Waals surface area contributed by atoms with Crippen molar-refractivity contribution in [2.24, 2.45) is 0 Å². The number of esters is 1. The van der Waals surface area contributed by atoms with Crippen LogP contribution in [0.2, 0.25) is 0 Å². The molecule has 0 bridgehead atoms. The Morgan fingerprint density at radius 1 is 1.26 bits per heavy atom. The molecule has 1 atom stereocenters. The van der Waals surface area contributed by atoms with E-state index in [1.165, 1.54) is 45.3 Å². The van der Waals surface area contributed by atoms with E-state index in [0.717, 1.165) is 17.1 Å². The second-order valence-electron chi connectivity index (χ2n) is 6.41. The van der Waals surface area contributed by atoms with Crippen LogP contribution >= 0.6 is 0 Å². The SMILES string of the molecule is C[C@@H](OC(=O)CNC(=O)c1cccc(S(=O)(=O)N(C)C)c1)C(=O)NC1CC1. The summed E-state index contributed by atoms with van der Waals surface area (Å²) in [6, 6.07) is 5.63. The fraction of sp³-hybridized carbons (Fsp3) is 0.471. The summed E-state index contributed by atoms with van der Waals surface area (Å²) in [7, 11) is -0.902. The van der Waals surface area contributed by atoms with Crippen molar-refractivity contribution in [1.82, 2.24) is 14.9 Å². The van der Waals surface area contributed by atoms with Crippen LogP contribution in [0, 0.1) is 0 Å². The standard InChI is InChI=1S/C17H23N3O6S/c1-11(16(22)19-13-7-8-13)26-15(21)10-18-17(23)12-5-4-6-14(9-12)27(24,25)20(2)3/h4-6,9,11,13H,7-8,10H2,1-3H3,(H,18,23)(H,19,22)/t11-/m1/s1. The third-order valence-electron chi connectivity index (χ3n) is 3.87. The van der Waals surface area contributed by atoms with Crippen molar-refractivity contribution >= 4 is 27.8 Å². The second kappa shape index (κ2) is 8.49. The second-order valence-corrected chi connectivity index (χ2v) is 8.56. The van der Waals surface area contributed by atoms with E-state index in [4.69, 9.17) is 4.74 Å². The predicted molar refractivity (Wildman–Crippen MR) is 96.4 cm³/mol. The maximum absolute atomic E-state index is 12.2. The van der Waals surface area contributed by atoms with Crippen LogP contribution in [-0.2, 0) is 24.3 Å². The van der Waals surface area contributed by atoms with E-state index in [1.54, 1.807) is 0 Å². The molecule has 1 aliphatic carbocycles. The summed E-state index contributed by atoms with van der Waals surface area (Å²) in [5, 5.41) is 5.07.